The van der Waals surface area contributed by atoms with E-state index in [4.69, 9.17) is 0 Å². The van der Waals surface area contributed by atoms with E-state index in [0.29, 0.717) is 10.8 Å². The number of hydrogen-bond donors (Lipinski definition) is 2. The molecule has 1 aliphatic carbocycles. The second-order valence-electron chi connectivity index (χ2n) is 5.94. The molecular formula is C17H15F3N4O2S. The first-order chi connectivity index (χ1) is 12.8. The highest BCUT2D eigenvalue weighted by Gasteiger charge is 2.31. The number of hydrogen-bond acceptors (Lipinski definition) is 5. The summed E-state index contributed by atoms with van der Waals surface area (Å²) in [5.41, 5.74) is -0.762. The topological polar surface area (TPSA) is 84.0 Å². The van der Waals surface area contributed by atoms with E-state index in [2.05, 4.69) is 20.8 Å². The van der Waals surface area contributed by atoms with E-state index in [-0.39, 0.29) is 23.3 Å². The first-order valence-corrected chi connectivity index (χ1v) is 9.04. The number of rotatable bonds is 6. The Bertz CT molecular complexity index is 839. The van der Waals surface area contributed by atoms with Gasteiger partial charge in [0.1, 0.15) is 5.03 Å². The van der Waals surface area contributed by atoms with Crippen LogP contribution in [0.3, 0.4) is 0 Å². The Morgan fingerprint density at radius 3 is 2.52 bits per heavy atom. The molecule has 0 radical (unpaired) electrons. The molecule has 27 heavy (non-hydrogen) atoms. The van der Waals surface area contributed by atoms with Crippen LogP contribution in [0.25, 0.3) is 0 Å². The van der Waals surface area contributed by atoms with Crippen molar-refractivity contribution in [3.63, 3.8) is 0 Å². The molecular weight excluding hydrogens is 381 g/mol. The zero-order valence-corrected chi connectivity index (χ0v) is 14.7. The molecule has 0 aliphatic heterocycles. The summed E-state index contributed by atoms with van der Waals surface area (Å²) in [6, 6.07) is 7.61. The van der Waals surface area contributed by atoms with Crippen LogP contribution in [0.4, 0.5) is 24.7 Å². The Balaban J connectivity index is 1.49. The molecule has 3 rings (SSSR count). The number of carbonyl (C=O) groups excluding carboxylic acids is 2. The Labute approximate surface area is 156 Å². The Morgan fingerprint density at radius 1 is 1.11 bits per heavy atom. The molecule has 0 atom stereocenters. The van der Waals surface area contributed by atoms with Crippen molar-refractivity contribution in [1.82, 2.24) is 10.2 Å². The van der Waals surface area contributed by atoms with Gasteiger partial charge in [-0.25, -0.2) is 0 Å². The number of nitrogens with one attached hydrogen (secondary N) is 2. The average Bonchev–Trinajstić information content (AvgIpc) is 3.46. The van der Waals surface area contributed by atoms with Gasteiger partial charge in [0.05, 0.1) is 11.3 Å². The average molecular weight is 396 g/mol. The van der Waals surface area contributed by atoms with Crippen molar-refractivity contribution in [2.45, 2.75) is 24.0 Å². The van der Waals surface area contributed by atoms with Crippen LogP contribution in [0.5, 0.6) is 0 Å². The van der Waals surface area contributed by atoms with Crippen molar-refractivity contribution in [2.24, 2.45) is 5.92 Å². The molecule has 2 amide bonds. The summed E-state index contributed by atoms with van der Waals surface area (Å²) >= 11 is 1.08. The number of anilines is 2. The first-order valence-electron chi connectivity index (χ1n) is 8.06. The number of aromatic nitrogens is 2. The van der Waals surface area contributed by atoms with Gasteiger partial charge in [0.2, 0.25) is 11.8 Å². The molecule has 1 saturated carbocycles. The van der Waals surface area contributed by atoms with Crippen molar-refractivity contribution in [1.29, 1.82) is 0 Å². The van der Waals surface area contributed by atoms with Crippen LogP contribution in [0.2, 0.25) is 0 Å². The molecule has 10 heteroatoms. The molecule has 0 unspecified atom stereocenters. The number of halogens is 3. The molecule has 142 valence electrons. The number of carbonyl (C=O) groups is 2. The van der Waals surface area contributed by atoms with E-state index >= 15 is 0 Å². The van der Waals surface area contributed by atoms with E-state index in [1.807, 2.05) is 0 Å². The van der Waals surface area contributed by atoms with Crippen molar-refractivity contribution in [3.05, 3.63) is 42.0 Å². The second kappa shape index (κ2) is 7.95. The summed E-state index contributed by atoms with van der Waals surface area (Å²) < 4.78 is 38.0. The van der Waals surface area contributed by atoms with E-state index in [1.165, 1.54) is 12.1 Å². The van der Waals surface area contributed by atoms with E-state index in [1.54, 1.807) is 12.1 Å². The second-order valence-corrected chi connectivity index (χ2v) is 6.93. The lowest BCUT2D eigenvalue weighted by atomic mass is 10.2. The lowest BCUT2D eigenvalue weighted by Gasteiger charge is -2.09. The molecule has 6 nitrogen and oxygen atoms in total. The summed E-state index contributed by atoms with van der Waals surface area (Å²) in [6.07, 6.45) is -2.70. The van der Waals surface area contributed by atoms with Gasteiger partial charge in [-0.05, 0) is 43.2 Å². The molecule has 0 spiro atoms. The molecule has 1 fully saturated rings. The summed E-state index contributed by atoms with van der Waals surface area (Å²) in [4.78, 5) is 23.5. The lowest BCUT2D eigenvalue weighted by molar-refractivity contribution is -0.137. The predicted molar refractivity (Wildman–Crippen MR) is 94.2 cm³/mol. The van der Waals surface area contributed by atoms with Crippen molar-refractivity contribution in [2.75, 3.05) is 16.4 Å². The van der Waals surface area contributed by atoms with Crippen molar-refractivity contribution in [3.8, 4) is 0 Å². The SMILES string of the molecule is O=C(CSc1ccc(NC(=O)C2CC2)nn1)Nc1cccc(C(F)(F)F)c1. The van der Waals surface area contributed by atoms with Crippen molar-refractivity contribution < 1.29 is 22.8 Å². The van der Waals surface area contributed by atoms with Crippen LogP contribution in [-0.4, -0.2) is 27.8 Å². The lowest BCUT2D eigenvalue weighted by Crippen LogP contribution is -2.15. The van der Waals surface area contributed by atoms with Gasteiger partial charge in [0.15, 0.2) is 5.82 Å². The molecule has 1 aliphatic rings. The third-order valence-corrected chi connectivity index (χ3v) is 4.58. The maximum absolute atomic E-state index is 12.7. The standard InChI is InChI=1S/C17H15F3N4O2S/c18-17(19,20)11-2-1-3-12(8-11)21-14(25)9-27-15-7-6-13(23-24-15)22-16(26)10-4-5-10/h1-3,6-8,10H,4-5,9H2,(H,21,25)(H,22,23,26). The van der Waals surface area contributed by atoms with Crippen LogP contribution in [0, 0.1) is 5.92 Å². The fraction of sp³-hybridized carbons (Fsp3) is 0.294. The van der Waals surface area contributed by atoms with Gasteiger partial charge in [-0.15, -0.1) is 10.2 Å². The highest BCUT2D eigenvalue weighted by atomic mass is 32.2. The van der Waals surface area contributed by atoms with E-state index in [0.717, 1.165) is 36.7 Å². The maximum Gasteiger partial charge on any atom is 0.416 e. The highest BCUT2D eigenvalue weighted by Crippen LogP contribution is 2.31. The molecule has 2 aromatic rings. The number of amides is 2. The monoisotopic (exact) mass is 396 g/mol. The van der Waals surface area contributed by atoms with Gasteiger partial charge < -0.3 is 10.6 Å². The van der Waals surface area contributed by atoms with Crippen LogP contribution < -0.4 is 10.6 Å². The number of nitrogens with zero attached hydrogens (tertiary/aromatic N) is 2. The summed E-state index contributed by atoms with van der Waals surface area (Å²) in [5.74, 6) is -0.193. The normalized spacial score (nSPS) is 13.9. The van der Waals surface area contributed by atoms with Crippen LogP contribution in [-0.2, 0) is 15.8 Å². The number of alkyl halides is 3. The number of benzene rings is 1. The van der Waals surface area contributed by atoms with Gasteiger partial charge in [0, 0.05) is 11.6 Å². The molecule has 0 bridgehead atoms. The minimum Gasteiger partial charge on any atom is -0.325 e. The minimum atomic E-state index is -4.47. The van der Waals surface area contributed by atoms with Gasteiger partial charge in [0.25, 0.3) is 0 Å². The van der Waals surface area contributed by atoms with E-state index in [9.17, 15) is 22.8 Å². The molecule has 2 N–H and O–H groups in total. The molecule has 1 aromatic heterocycles. The quantitative estimate of drug-likeness (QED) is 0.730. The summed E-state index contributed by atoms with van der Waals surface area (Å²) in [7, 11) is 0. The van der Waals surface area contributed by atoms with Crippen LogP contribution >= 0.6 is 11.8 Å². The van der Waals surface area contributed by atoms with Gasteiger partial charge >= 0.3 is 6.18 Å². The van der Waals surface area contributed by atoms with Gasteiger partial charge in [-0.2, -0.15) is 13.2 Å². The third kappa shape index (κ3) is 5.68. The van der Waals surface area contributed by atoms with Crippen LogP contribution in [0.1, 0.15) is 18.4 Å². The van der Waals surface area contributed by atoms with Crippen molar-refractivity contribution >= 4 is 35.1 Å². The maximum atomic E-state index is 12.7. The molecule has 1 aromatic carbocycles. The molecule has 1 heterocycles. The predicted octanol–water partition coefficient (Wildman–Crippen LogP) is 3.57. The fourth-order valence-corrected chi connectivity index (χ4v) is 2.76. The summed E-state index contributed by atoms with van der Waals surface area (Å²) in [6.45, 7) is 0. The first kappa shape index (κ1) is 19.2. The van der Waals surface area contributed by atoms with Gasteiger partial charge in [-0.3, -0.25) is 9.59 Å². The van der Waals surface area contributed by atoms with E-state index < -0.39 is 17.6 Å². The summed E-state index contributed by atoms with van der Waals surface area (Å²) in [5, 5.41) is 13.3. The largest absolute Gasteiger partial charge is 0.416 e. The van der Waals surface area contributed by atoms with Crippen LogP contribution in [0.15, 0.2) is 41.4 Å². The zero-order valence-electron chi connectivity index (χ0n) is 13.9. The highest BCUT2D eigenvalue weighted by molar-refractivity contribution is 7.99. The molecule has 0 saturated heterocycles. The number of thioether (sulfide) groups is 1. The smallest absolute Gasteiger partial charge is 0.325 e. The Hall–Kier alpha value is -2.62. The zero-order chi connectivity index (χ0) is 19.4. The Morgan fingerprint density at radius 2 is 1.89 bits per heavy atom. The fourth-order valence-electron chi connectivity index (χ4n) is 2.15. The van der Waals surface area contributed by atoms with Gasteiger partial charge in [-0.1, -0.05) is 17.8 Å². The Kier molecular flexibility index (Phi) is 5.64. The minimum absolute atomic E-state index is 0.0430. The third-order valence-electron chi connectivity index (χ3n) is 3.66.